The molecule has 0 aliphatic heterocycles. The Morgan fingerprint density at radius 1 is 1.42 bits per heavy atom. The molecule has 2 amide bonds. The van der Waals surface area contributed by atoms with E-state index in [2.05, 4.69) is 5.32 Å². The van der Waals surface area contributed by atoms with E-state index >= 15 is 0 Å². The maximum atomic E-state index is 13.1. The average molecular weight is 269 g/mol. The first-order valence-corrected chi connectivity index (χ1v) is 5.21. The van der Waals surface area contributed by atoms with Gasteiger partial charge in [-0.25, -0.2) is 0 Å². The Hall–Kier alpha value is -2.51. The molecule has 3 N–H and O–H groups in total. The highest BCUT2D eigenvalue weighted by Crippen LogP contribution is 2.18. The van der Waals surface area contributed by atoms with E-state index in [1.165, 1.54) is 13.8 Å². The number of amides is 2. The lowest BCUT2D eigenvalue weighted by Crippen LogP contribution is -2.53. The van der Waals surface area contributed by atoms with Gasteiger partial charge < -0.3 is 11.1 Å². The summed E-state index contributed by atoms with van der Waals surface area (Å²) in [5.74, 6) is -2.57. The number of nitrogens with one attached hydrogen (secondary N) is 1. The van der Waals surface area contributed by atoms with E-state index in [9.17, 15) is 24.1 Å². The van der Waals surface area contributed by atoms with Gasteiger partial charge in [0.2, 0.25) is 11.7 Å². The van der Waals surface area contributed by atoms with Crippen molar-refractivity contribution >= 4 is 17.5 Å². The normalized spacial score (nSPS) is 10.9. The van der Waals surface area contributed by atoms with Crippen LogP contribution in [-0.4, -0.2) is 22.3 Å². The lowest BCUT2D eigenvalue weighted by molar-refractivity contribution is -0.387. The Morgan fingerprint density at radius 2 is 2.00 bits per heavy atom. The minimum atomic E-state index is -1.32. The van der Waals surface area contributed by atoms with Gasteiger partial charge in [0.15, 0.2) is 0 Å². The van der Waals surface area contributed by atoms with Crippen molar-refractivity contribution in [2.24, 2.45) is 5.73 Å². The van der Waals surface area contributed by atoms with Crippen LogP contribution in [0.2, 0.25) is 0 Å². The molecule has 8 heteroatoms. The topological polar surface area (TPSA) is 115 Å². The van der Waals surface area contributed by atoms with Crippen molar-refractivity contribution in [3.63, 3.8) is 0 Å². The number of nitro benzene ring substituents is 1. The van der Waals surface area contributed by atoms with Gasteiger partial charge in [-0.2, -0.15) is 4.39 Å². The molecular weight excluding hydrogens is 257 g/mol. The molecule has 0 aliphatic rings. The Kier molecular flexibility index (Phi) is 3.83. The van der Waals surface area contributed by atoms with Crippen LogP contribution in [-0.2, 0) is 4.79 Å². The summed E-state index contributed by atoms with van der Waals surface area (Å²) in [7, 11) is 0. The zero-order valence-electron chi connectivity index (χ0n) is 10.3. The predicted molar refractivity (Wildman–Crippen MR) is 63.8 cm³/mol. The molecule has 102 valence electrons. The number of carbonyl (C=O) groups is 2. The van der Waals surface area contributed by atoms with E-state index in [0.717, 1.165) is 18.2 Å². The first kappa shape index (κ1) is 14.6. The third-order valence-corrected chi connectivity index (χ3v) is 2.45. The quantitative estimate of drug-likeness (QED) is 0.619. The number of nitro groups is 1. The van der Waals surface area contributed by atoms with Gasteiger partial charge in [-0.1, -0.05) is 0 Å². The van der Waals surface area contributed by atoms with Crippen molar-refractivity contribution in [3.8, 4) is 0 Å². The van der Waals surface area contributed by atoms with Crippen LogP contribution in [0, 0.1) is 15.9 Å². The summed E-state index contributed by atoms with van der Waals surface area (Å²) in [5.41, 5.74) is 2.81. The molecule has 0 spiro atoms. The van der Waals surface area contributed by atoms with Crippen LogP contribution < -0.4 is 11.1 Å². The standard InChI is InChI=1S/C11H12FN3O4/c1-11(2,10(13)17)14-9(16)6-3-4-7(12)8(5-6)15(18)19/h3-5H,1-2H3,(H2,13,17)(H,14,16). The first-order chi connectivity index (χ1) is 8.65. The average Bonchev–Trinajstić information content (AvgIpc) is 2.28. The van der Waals surface area contributed by atoms with Crippen LogP contribution in [0.25, 0.3) is 0 Å². The second-order valence-corrected chi connectivity index (χ2v) is 4.37. The van der Waals surface area contributed by atoms with E-state index in [1.807, 2.05) is 0 Å². The van der Waals surface area contributed by atoms with Crippen LogP contribution in [0.4, 0.5) is 10.1 Å². The highest BCUT2D eigenvalue weighted by Gasteiger charge is 2.28. The predicted octanol–water partition coefficient (Wildman–Crippen LogP) is 0.728. The summed E-state index contributed by atoms with van der Waals surface area (Å²) in [6, 6.07) is 2.68. The molecule has 1 aromatic carbocycles. The highest BCUT2D eigenvalue weighted by atomic mass is 19.1. The minimum Gasteiger partial charge on any atom is -0.368 e. The Morgan fingerprint density at radius 3 is 2.47 bits per heavy atom. The maximum Gasteiger partial charge on any atom is 0.305 e. The largest absolute Gasteiger partial charge is 0.368 e. The van der Waals surface area contributed by atoms with Gasteiger partial charge in [-0.05, 0) is 26.0 Å². The minimum absolute atomic E-state index is 0.137. The third kappa shape index (κ3) is 3.24. The number of hydrogen-bond donors (Lipinski definition) is 2. The number of halogens is 1. The summed E-state index contributed by atoms with van der Waals surface area (Å²) >= 11 is 0. The number of carbonyl (C=O) groups excluding carboxylic acids is 2. The number of rotatable bonds is 4. The van der Waals surface area contributed by atoms with Gasteiger partial charge in [0.1, 0.15) is 5.54 Å². The van der Waals surface area contributed by atoms with Gasteiger partial charge >= 0.3 is 5.69 Å². The van der Waals surface area contributed by atoms with Crippen molar-refractivity contribution in [1.82, 2.24) is 5.32 Å². The summed E-state index contributed by atoms with van der Waals surface area (Å²) in [6.45, 7) is 2.76. The van der Waals surface area contributed by atoms with Crippen LogP contribution in [0.5, 0.6) is 0 Å². The molecule has 0 radical (unpaired) electrons. The summed E-state index contributed by atoms with van der Waals surface area (Å²) in [5, 5.41) is 12.8. The summed E-state index contributed by atoms with van der Waals surface area (Å²) in [4.78, 5) is 32.5. The van der Waals surface area contributed by atoms with E-state index in [4.69, 9.17) is 5.73 Å². The van der Waals surface area contributed by atoms with E-state index in [1.54, 1.807) is 0 Å². The molecule has 1 aromatic rings. The maximum absolute atomic E-state index is 13.1. The molecule has 1 rings (SSSR count). The number of nitrogens with zero attached hydrogens (tertiary/aromatic N) is 1. The Labute approximate surface area is 107 Å². The molecule has 0 aromatic heterocycles. The fraction of sp³-hybridized carbons (Fsp3) is 0.273. The van der Waals surface area contributed by atoms with Gasteiger partial charge in [-0.15, -0.1) is 0 Å². The van der Waals surface area contributed by atoms with Crippen LogP contribution in [0.3, 0.4) is 0 Å². The summed E-state index contributed by atoms with van der Waals surface area (Å²) in [6.07, 6.45) is 0. The second-order valence-electron chi connectivity index (χ2n) is 4.37. The van der Waals surface area contributed by atoms with Crippen molar-refractivity contribution in [2.45, 2.75) is 19.4 Å². The van der Waals surface area contributed by atoms with E-state index in [-0.39, 0.29) is 5.56 Å². The van der Waals surface area contributed by atoms with Gasteiger partial charge in [0.25, 0.3) is 5.91 Å². The molecular formula is C11H12FN3O4. The zero-order chi connectivity index (χ0) is 14.8. The highest BCUT2D eigenvalue weighted by molar-refractivity contribution is 5.99. The van der Waals surface area contributed by atoms with Gasteiger partial charge in [0, 0.05) is 11.6 Å². The van der Waals surface area contributed by atoms with E-state index in [0.29, 0.717) is 0 Å². The summed E-state index contributed by atoms with van der Waals surface area (Å²) < 4.78 is 13.1. The van der Waals surface area contributed by atoms with Crippen LogP contribution in [0.1, 0.15) is 24.2 Å². The van der Waals surface area contributed by atoms with Crippen LogP contribution >= 0.6 is 0 Å². The number of hydrogen-bond acceptors (Lipinski definition) is 4. The number of nitrogens with two attached hydrogens (primary N) is 1. The first-order valence-electron chi connectivity index (χ1n) is 5.21. The van der Waals surface area contributed by atoms with Crippen molar-refractivity contribution in [3.05, 3.63) is 39.7 Å². The molecule has 0 heterocycles. The molecule has 19 heavy (non-hydrogen) atoms. The fourth-order valence-electron chi connectivity index (χ4n) is 1.21. The Bertz CT molecular complexity index is 557. The molecule has 0 atom stereocenters. The lowest BCUT2D eigenvalue weighted by Gasteiger charge is -2.22. The molecule has 0 saturated carbocycles. The van der Waals surface area contributed by atoms with Crippen LogP contribution in [0.15, 0.2) is 18.2 Å². The molecule has 0 saturated heterocycles. The van der Waals surface area contributed by atoms with Gasteiger partial charge in [-0.3, -0.25) is 19.7 Å². The Balaban J connectivity index is 3.05. The number of benzene rings is 1. The lowest BCUT2D eigenvalue weighted by atomic mass is 10.0. The molecule has 0 aliphatic carbocycles. The van der Waals surface area contributed by atoms with Crippen molar-refractivity contribution < 1.29 is 18.9 Å². The van der Waals surface area contributed by atoms with Gasteiger partial charge in [0.05, 0.1) is 4.92 Å². The fourth-order valence-corrected chi connectivity index (χ4v) is 1.21. The molecule has 0 bridgehead atoms. The molecule has 7 nitrogen and oxygen atoms in total. The smallest absolute Gasteiger partial charge is 0.305 e. The van der Waals surface area contributed by atoms with E-state index < -0.39 is 33.8 Å². The number of primary amides is 1. The zero-order valence-corrected chi connectivity index (χ0v) is 10.3. The molecule has 0 fully saturated rings. The molecule has 0 unspecified atom stereocenters. The SMILES string of the molecule is CC(C)(NC(=O)c1ccc(F)c([N+](=O)[O-])c1)C(N)=O. The monoisotopic (exact) mass is 269 g/mol. The van der Waals surface area contributed by atoms with Crippen molar-refractivity contribution in [1.29, 1.82) is 0 Å². The van der Waals surface area contributed by atoms with Crippen molar-refractivity contribution in [2.75, 3.05) is 0 Å². The third-order valence-electron chi connectivity index (χ3n) is 2.45. The second kappa shape index (κ2) is 5.01.